The Morgan fingerprint density at radius 2 is 1.75 bits per heavy atom. The van der Waals surface area contributed by atoms with E-state index in [1.165, 1.54) is 0 Å². The van der Waals surface area contributed by atoms with Gasteiger partial charge in [-0.25, -0.2) is 8.78 Å². The second kappa shape index (κ2) is 9.60. The molecule has 0 heterocycles. The van der Waals surface area contributed by atoms with E-state index in [1.54, 1.807) is 6.08 Å². The van der Waals surface area contributed by atoms with Crippen LogP contribution in [0.5, 0.6) is 0 Å². The van der Waals surface area contributed by atoms with Gasteiger partial charge >= 0.3 is 0 Å². The Bertz CT molecular complexity index is 70.6. The van der Waals surface area contributed by atoms with Gasteiger partial charge in [-0.3, -0.25) is 0 Å². The molecule has 0 N–H and O–H groups in total. The van der Waals surface area contributed by atoms with E-state index < -0.39 is 5.83 Å². The summed E-state index contributed by atoms with van der Waals surface area (Å²) in [6.45, 7) is 6.29. The van der Waals surface area contributed by atoms with Crippen molar-refractivity contribution in [1.82, 2.24) is 0 Å². The van der Waals surface area contributed by atoms with Crippen LogP contribution in [0.25, 0.3) is 0 Å². The zero-order valence-electron chi connectivity index (χ0n) is 5.12. The lowest BCUT2D eigenvalue weighted by molar-refractivity contribution is 0.586. The van der Waals surface area contributed by atoms with Crippen molar-refractivity contribution in [1.29, 1.82) is 0 Å². The maximum absolute atomic E-state index is 10.9. The average molecular weight is 120 g/mol. The number of halogens is 2. The average Bonchev–Trinajstić information content (AvgIpc) is 1.69. The zero-order valence-corrected chi connectivity index (χ0v) is 5.12. The van der Waals surface area contributed by atoms with Crippen molar-refractivity contribution >= 4 is 0 Å². The minimum absolute atomic E-state index is 0.0833. The molecule has 0 aromatic rings. The molecule has 0 saturated heterocycles. The number of allylic oxidation sites excluding steroid dienone is 2. The van der Waals surface area contributed by atoms with Gasteiger partial charge in [0, 0.05) is 0 Å². The van der Waals surface area contributed by atoms with Crippen molar-refractivity contribution in [2.45, 2.75) is 13.8 Å². The molecule has 0 aliphatic heterocycles. The highest BCUT2D eigenvalue weighted by Crippen LogP contribution is 1.89. The lowest BCUT2D eigenvalue weighted by Gasteiger charge is -1.65. The molecule has 0 bridgehead atoms. The summed E-state index contributed by atoms with van der Waals surface area (Å²) in [4.78, 5) is 0. The van der Waals surface area contributed by atoms with Gasteiger partial charge in [0.05, 0.1) is 0 Å². The summed E-state index contributed by atoms with van der Waals surface area (Å²) in [5.74, 6) is -0.787. The van der Waals surface area contributed by atoms with Crippen LogP contribution >= 0.6 is 0 Å². The molecule has 0 aliphatic rings. The second-order valence-electron chi connectivity index (χ2n) is 1.10. The third-order valence-electron chi connectivity index (χ3n) is 0.150. The zero-order chi connectivity index (χ0) is 6.99. The van der Waals surface area contributed by atoms with Crippen molar-refractivity contribution in [3.05, 3.63) is 24.8 Å². The molecule has 2 heteroatoms. The van der Waals surface area contributed by atoms with E-state index in [4.69, 9.17) is 0 Å². The van der Waals surface area contributed by atoms with E-state index in [1.807, 2.05) is 6.92 Å². The van der Waals surface area contributed by atoms with E-state index in [0.29, 0.717) is 0 Å². The summed E-state index contributed by atoms with van der Waals surface area (Å²) in [5.41, 5.74) is 0. The molecule has 0 saturated carbocycles. The molecule has 0 rings (SSSR count). The fourth-order valence-corrected chi connectivity index (χ4v) is 0. The van der Waals surface area contributed by atoms with Gasteiger partial charge < -0.3 is 0 Å². The second-order valence-corrected chi connectivity index (χ2v) is 1.10. The van der Waals surface area contributed by atoms with E-state index >= 15 is 0 Å². The first-order valence-corrected chi connectivity index (χ1v) is 2.18. The quantitative estimate of drug-likeness (QED) is 0.431. The third-order valence-corrected chi connectivity index (χ3v) is 0.150. The molecule has 8 heavy (non-hydrogen) atoms. The Balaban J connectivity index is 0. The molecule has 0 spiro atoms. The maximum atomic E-state index is 10.9. The Hall–Kier alpha value is -0.660. The highest BCUT2D eigenvalue weighted by molar-refractivity contribution is 4.75. The normalized spacial score (nSPS) is 9.25. The fourth-order valence-electron chi connectivity index (χ4n) is 0. The molecule has 0 amide bonds. The summed E-state index contributed by atoms with van der Waals surface area (Å²) in [6.07, 6.45) is 1.67. The van der Waals surface area contributed by atoms with E-state index in [9.17, 15) is 8.78 Å². The van der Waals surface area contributed by atoms with Crippen LogP contribution in [0, 0.1) is 0 Å². The third kappa shape index (κ3) is 56.0. The lowest BCUT2D eigenvalue weighted by Crippen LogP contribution is -1.46. The van der Waals surface area contributed by atoms with Crippen LogP contribution < -0.4 is 0 Å². The summed E-state index contributed by atoms with van der Waals surface area (Å²) in [7, 11) is 0. The monoisotopic (exact) mass is 120 g/mol. The van der Waals surface area contributed by atoms with Gasteiger partial charge in [-0.05, 0) is 13.8 Å². The van der Waals surface area contributed by atoms with Gasteiger partial charge in [-0.1, -0.05) is 6.08 Å². The van der Waals surface area contributed by atoms with E-state index in [2.05, 4.69) is 6.58 Å². The van der Waals surface area contributed by atoms with Gasteiger partial charge in [0.2, 0.25) is 0 Å². The van der Waals surface area contributed by atoms with Crippen molar-refractivity contribution in [2.75, 3.05) is 0 Å². The summed E-state index contributed by atoms with van der Waals surface area (Å²) in [5, 5.41) is 0. The van der Waals surface area contributed by atoms with E-state index in [0.717, 1.165) is 6.92 Å². The largest absolute Gasteiger partial charge is 0.213 e. The molecule has 0 fully saturated rings. The first-order chi connectivity index (χ1) is 3.68. The van der Waals surface area contributed by atoms with E-state index in [-0.39, 0.29) is 6.33 Å². The molecule has 0 aromatic carbocycles. The predicted octanol–water partition coefficient (Wildman–Crippen LogP) is 2.98. The molecule has 0 aliphatic carbocycles. The molecule has 0 nitrogen and oxygen atoms in total. The molecule has 0 aromatic heterocycles. The van der Waals surface area contributed by atoms with Crippen LogP contribution in [-0.4, -0.2) is 0 Å². The Morgan fingerprint density at radius 1 is 1.62 bits per heavy atom. The topological polar surface area (TPSA) is 0 Å². The van der Waals surface area contributed by atoms with Crippen LogP contribution in [0.2, 0.25) is 0 Å². The van der Waals surface area contributed by atoms with Gasteiger partial charge in [0.25, 0.3) is 0 Å². The Morgan fingerprint density at radius 3 is 1.75 bits per heavy atom. The highest BCUT2D eigenvalue weighted by atomic mass is 19.2. The van der Waals surface area contributed by atoms with Crippen molar-refractivity contribution in [3.63, 3.8) is 0 Å². The minimum Gasteiger partial charge on any atom is -0.213 e. The maximum Gasteiger partial charge on any atom is 0.125 e. The van der Waals surface area contributed by atoms with Crippen LogP contribution in [0.4, 0.5) is 8.78 Å². The van der Waals surface area contributed by atoms with Crippen LogP contribution in [0.1, 0.15) is 13.8 Å². The van der Waals surface area contributed by atoms with Gasteiger partial charge in [0.1, 0.15) is 12.2 Å². The van der Waals surface area contributed by atoms with Gasteiger partial charge in [0.15, 0.2) is 0 Å². The fraction of sp³-hybridized carbons (Fsp3) is 0.333. The SMILES string of the molecule is C=CC.CC(F)=CF. The molecule has 48 valence electrons. The Labute approximate surface area is 48.5 Å². The van der Waals surface area contributed by atoms with Gasteiger partial charge in [-0.15, -0.1) is 6.58 Å². The number of hydrogen-bond acceptors (Lipinski definition) is 0. The van der Waals surface area contributed by atoms with Crippen LogP contribution in [-0.2, 0) is 0 Å². The summed E-state index contributed by atoms with van der Waals surface area (Å²) < 4.78 is 21.5. The number of rotatable bonds is 0. The van der Waals surface area contributed by atoms with Crippen molar-refractivity contribution < 1.29 is 8.78 Å². The Kier molecular flexibility index (Phi) is 12.4. The summed E-state index contributed by atoms with van der Waals surface area (Å²) in [6, 6.07) is 0. The minimum atomic E-state index is -0.787. The lowest BCUT2D eigenvalue weighted by atomic mass is 10.7. The van der Waals surface area contributed by atoms with Crippen LogP contribution in [0.3, 0.4) is 0 Å². The first kappa shape index (κ1) is 10.3. The van der Waals surface area contributed by atoms with Crippen LogP contribution in [0.15, 0.2) is 24.8 Å². The molecule has 0 unspecified atom stereocenters. The highest BCUT2D eigenvalue weighted by Gasteiger charge is 1.70. The molecule has 0 atom stereocenters. The smallest absolute Gasteiger partial charge is 0.125 e. The van der Waals surface area contributed by atoms with Crippen molar-refractivity contribution in [2.24, 2.45) is 0 Å². The standard InChI is InChI=1S/C3H4F2.C3H6/c1-3(5)2-4;1-3-2/h2H,1H3;3H,1H2,2H3. The summed E-state index contributed by atoms with van der Waals surface area (Å²) >= 11 is 0. The first-order valence-electron chi connectivity index (χ1n) is 2.18. The van der Waals surface area contributed by atoms with Gasteiger partial charge in [-0.2, -0.15) is 0 Å². The van der Waals surface area contributed by atoms with Crippen molar-refractivity contribution in [3.8, 4) is 0 Å². The molecule has 0 radical (unpaired) electrons. The molecular formula is C6H10F2. The number of hydrogen-bond donors (Lipinski definition) is 0. The molecular weight excluding hydrogens is 110 g/mol. The predicted molar refractivity (Wildman–Crippen MR) is 31.8 cm³/mol.